The summed E-state index contributed by atoms with van der Waals surface area (Å²) in [4.78, 5) is 59.3. The highest BCUT2D eigenvalue weighted by molar-refractivity contribution is 8.00. The quantitative estimate of drug-likeness (QED) is 0.185. The van der Waals surface area contributed by atoms with Crippen LogP contribution in [-0.4, -0.2) is 75.4 Å². The Hall–Kier alpha value is -2.60. The molecule has 0 saturated carbocycles. The summed E-state index contributed by atoms with van der Waals surface area (Å²) in [5, 5.41) is 19.9. The van der Waals surface area contributed by atoms with Crippen molar-refractivity contribution in [2.45, 2.75) is 43.7 Å². The lowest BCUT2D eigenvalue weighted by Crippen LogP contribution is -2.80. The van der Waals surface area contributed by atoms with Crippen molar-refractivity contribution >= 4 is 41.5 Å². The predicted molar refractivity (Wildman–Crippen MR) is 98.4 cm³/mol. The van der Waals surface area contributed by atoms with Crippen molar-refractivity contribution < 1.29 is 43.7 Å². The van der Waals surface area contributed by atoms with Gasteiger partial charge >= 0.3 is 17.9 Å². The zero-order valence-electron chi connectivity index (χ0n) is 15.9. The van der Waals surface area contributed by atoms with Crippen molar-refractivity contribution in [2.24, 2.45) is 0 Å². The molecule has 2 rings (SSSR count). The molecule has 0 aromatic rings. The summed E-state index contributed by atoms with van der Waals surface area (Å²) >= 11 is 1.18. The van der Waals surface area contributed by atoms with Crippen molar-refractivity contribution in [3.8, 4) is 0 Å². The monoisotopic (exact) mass is 430 g/mol. The third-order valence-corrected chi connectivity index (χ3v) is 5.83. The summed E-state index contributed by atoms with van der Waals surface area (Å²) in [5.41, 5.74) is -1.72. The molecule has 0 aromatic heterocycles. The smallest absolute Gasteiger partial charge is 0.352 e. The second-order valence-electron chi connectivity index (χ2n) is 6.46. The number of β-lactam (4-membered cyclic amide) rings is 1. The molecule has 2 aliphatic rings. The third-order valence-electron chi connectivity index (χ3n) is 4.45. The lowest BCUT2D eigenvalue weighted by Gasteiger charge is -2.55. The van der Waals surface area contributed by atoms with Crippen LogP contribution in [0, 0.1) is 0 Å². The topological polar surface area (TPSA) is 160 Å². The van der Waals surface area contributed by atoms with Gasteiger partial charge in [0.2, 0.25) is 5.91 Å². The maximum absolute atomic E-state index is 12.8. The molecule has 0 spiro atoms. The van der Waals surface area contributed by atoms with Gasteiger partial charge in [-0.05, 0) is 12.8 Å². The molecule has 2 amide bonds. The fourth-order valence-electron chi connectivity index (χ4n) is 3.07. The van der Waals surface area contributed by atoms with Crippen LogP contribution in [0.4, 0.5) is 0 Å². The van der Waals surface area contributed by atoms with Crippen molar-refractivity contribution in [1.29, 1.82) is 0 Å². The molecule has 2 aliphatic heterocycles. The molecule has 0 bridgehead atoms. The molecule has 0 aromatic carbocycles. The average Bonchev–Trinajstić information content (AvgIpc) is 2.66. The van der Waals surface area contributed by atoms with Gasteiger partial charge in [0, 0.05) is 38.2 Å². The van der Waals surface area contributed by atoms with E-state index in [1.165, 1.54) is 25.8 Å². The van der Waals surface area contributed by atoms with Crippen LogP contribution in [0.5, 0.6) is 0 Å². The van der Waals surface area contributed by atoms with E-state index in [2.05, 4.69) is 5.32 Å². The molecule has 1 saturated heterocycles. The molecule has 2 unspecified atom stereocenters. The molecule has 11 nitrogen and oxygen atoms in total. The minimum absolute atomic E-state index is 0.00237. The van der Waals surface area contributed by atoms with Gasteiger partial charge in [-0.25, -0.2) is 4.79 Å². The Balaban J connectivity index is 2.12. The molecule has 160 valence electrons. The van der Waals surface area contributed by atoms with Gasteiger partial charge in [0.25, 0.3) is 11.6 Å². The molecule has 2 heterocycles. The number of aliphatic carboxylic acids is 2. The maximum atomic E-state index is 12.8. The Morgan fingerprint density at radius 2 is 1.90 bits per heavy atom. The molecule has 29 heavy (non-hydrogen) atoms. The number of ether oxygens (including phenoxy) is 2. The molecule has 0 radical (unpaired) electrons. The number of thioether (sulfide) groups is 1. The number of methoxy groups -OCH3 is 1. The van der Waals surface area contributed by atoms with Gasteiger partial charge in [-0.15, -0.1) is 11.8 Å². The van der Waals surface area contributed by atoms with Gasteiger partial charge in [0.1, 0.15) is 17.7 Å². The first-order valence-electron chi connectivity index (χ1n) is 8.76. The van der Waals surface area contributed by atoms with E-state index in [4.69, 9.17) is 14.6 Å². The number of amides is 2. The Kier molecular flexibility index (Phi) is 7.25. The Bertz CT molecular complexity index is 766. The van der Waals surface area contributed by atoms with Gasteiger partial charge in [-0.1, -0.05) is 0 Å². The predicted octanol–water partition coefficient (Wildman–Crippen LogP) is -0.0928. The minimum Gasteiger partial charge on any atom is -0.481 e. The summed E-state index contributed by atoms with van der Waals surface area (Å²) in [7, 11) is 1.24. The van der Waals surface area contributed by atoms with E-state index in [0.29, 0.717) is 12.8 Å². The first kappa shape index (κ1) is 22.7. The summed E-state index contributed by atoms with van der Waals surface area (Å²) in [6.07, 6.45) is 0.570. The van der Waals surface area contributed by atoms with E-state index < -0.39 is 40.8 Å². The number of carbonyl (C=O) groups is 5. The lowest BCUT2D eigenvalue weighted by molar-refractivity contribution is -0.192. The Morgan fingerprint density at radius 3 is 2.45 bits per heavy atom. The fraction of sp³-hybridized carbons (Fsp3) is 0.588. The second kappa shape index (κ2) is 9.27. The zero-order valence-corrected chi connectivity index (χ0v) is 16.7. The number of rotatable bonds is 10. The number of fused-ring (bicyclic) bond motifs is 1. The number of hydrogen-bond donors (Lipinski definition) is 3. The lowest BCUT2D eigenvalue weighted by atomic mass is 9.97. The highest BCUT2D eigenvalue weighted by atomic mass is 32.2. The number of nitrogens with zero attached hydrogens (tertiary/aromatic N) is 1. The molecule has 3 N–H and O–H groups in total. The molecule has 0 aliphatic carbocycles. The Morgan fingerprint density at radius 1 is 1.24 bits per heavy atom. The normalized spacial score (nSPS) is 23.2. The number of hydrogen-bond acceptors (Lipinski definition) is 8. The molecule has 2 atom stereocenters. The largest absolute Gasteiger partial charge is 0.481 e. The van der Waals surface area contributed by atoms with Gasteiger partial charge in [0.15, 0.2) is 0 Å². The average molecular weight is 430 g/mol. The van der Waals surface area contributed by atoms with E-state index >= 15 is 0 Å². The highest BCUT2D eigenvalue weighted by Gasteiger charge is 2.66. The number of unbranched alkanes of at least 4 members (excludes halogenated alkanes) is 1. The molecular weight excluding hydrogens is 408 g/mol. The third kappa shape index (κ3) is 4.70. The van der Waals surface area contributed by atoms with Crippen molar-refractivity contribution in [2.75, 3.05) is 19.5 Å². The molecule has 12 heteroatoms. The number of nitrogens with one attached hydrogen (secondary N) is 1. The van der Waals surface area contributed by atoms with E-state index in [0.717, 1.165) is 4.90 Å². The van der Waals surface area contributed by atoms with Crippen LogP contribution >= 0.6 is 11.8 Å². The first-order valence-corrected chi connectivity index (χ1v) is 9.80. The number of esters is 1. The van der Waals surface area contributed by atoms with Crippen LogP contribution in [0.15, 0.2) is 11.3 Å². The zero-order chi connectivity index (χ0) is 21.8. The van der Waals surface area contributed by atoms with Gasteiger partial charge in [0.05, 0.1) is 0 Å². The van der Waals surface area contributed by atoms with Crippen LogP contribution in [0.2, 0.25) is 0 Å². The van der Waals surface area contributed by atoms with Crippen LogP contribution < -0.4 is 5.32 Å². The van der Waals surface area contributed by atoms with E-state index in [1.54, 1.807) is 0 Å². The van der Waals surface area contributed by atoms with Crippen molar-refractivity contribution in [1.82, 2.24) is 10.2 Å². The minimum atomic E-state index is -1.71. The van der Waals surface area contributed by atoms with Gasteiger partial charge in [-0.2, -0.15) is 0 Å². The molecular formula is C17H22N2O9S. The molecule has 1 fully saturated rings. The second-order valence-corrected chi connectivity index (χ2v) is 7.53. The summed E-state index contributed by atoms with van der Waals surface area (Å²) in [6.45, 7) is 0.937. The van der Waals surface area contributed by atoms with E-state index in [1.807, 2.05) is 0 Å². The van der Waals surface area contributed by atoms with Crippen LogP contribution in [0.3, 0.4) is 0 Å². The SMILES string of the molecule is COC1(NC(=O)CCCCC(=O)O)C(=O)N2C(C(=O)O)=C(COC(C)=O)CSC21. The highest BCUT2D eigenvalue weighted by Crippen LogP contribution is 2.46. The van der Waals surface area contributed by atoms with Crippen molar-refractivity contribution in [3.05, 3.63) is 11.3 Å². The fourth-order valence-corrected chi connectivity index (χ4v) is 4.49. The van der Waals surface area contributed by atoms with Crippen LogP contribution in [0.1, 0.15) is 32.6 Å². The maximum Gasteiger partial charge on any atom is 0.352 e. The number of carboxylic acids is 2. The van der Waals surface area contributed by atoms with Gasteiger partial charge in [-0.3, -0.25) is 24.1 Å². The van der Waals surface area contributed by atoms with E-state index in [-0.39, 0.29) is 36.5 Å². The summed E-state index contributed by atoms with van der Waals surface area (Å²) < 4.78 is 10.2. The summed E-state index contributed by atoms with van der Waals surface area (Å²) in [6, 6.07) is 0. The van der Waals surface area contributed by atoms with Gasteiger partial charge < -0.3 is 25.0 Å². The van der Waals surface area contributed by atoms with Crippen LogP contribution in [-0.2, 0) is 33.4 Å². The number of carbonyl (C=O) groups excluding carboxylic acids is 3. The number of carboxylic acid groups (broad SMARTS) is 2. The van der Waals surface area contributed by atoms with Crippen LogP contribution in [0.25, 0.3) is 0 Å². The first-order chi connectivity index (χ1) is 13.6. The standard InChI is InChI=1S/C17H22N2O9S/c1-9(20)28-7-10-8-29-16-17(27-2,15(26)19(16)13(10)14(24)25)18-11(21)5-3-4-6-12(22)23/h16H,3-8H2,1-2H3,(H,18,21)(H,22,23)(H,24,25). The van der Waals surface area contributed by atoms with E-state index in [9.17, 15) is 29.1 Å². The summed E-state index contributed by atoms with van der Waals surface area (Å²) in [5.74, 6) is -3.96. The Labute approximate surface area is 170 Å². The van der Waals surface area contributed by atoms with Crippen molar-refractivity contribution in [3.63, 3.8) is 0 Å².